The summed E-state index contributed by atoms with van der Waals surface area (Å²) >= 11 is 0. The predicted molar refractivity (Wildman–Crippen MR) is 130 cm³/mol. The molecule has 0 saturated heterocycles. The van der Waals surface area contributed by atoms with Gasteiger partial charge in [0.1, 0.15) is 5.82 Å². The van der Waals surface area contributed by atoms with E-state index >= 15 is 0 Å². The second-order valence-corrected chi connectivity index (χ2v) is 8.79. The Bertz CT molecular complexity index is 1060. The lowest BCUT2D eigenvalue weighted by atomic mass is 9.91. The van der Waals surface area contributed by atoms with Gasteiger partial charge in [-0.25, -0.2) is 9.78 Å². The molecule has 4 rings (SSSR count). The van der Waals surface area contributed by atoms with E-state index in [1.807, 2.05) is 49.3 Å². The number of carbonyl (C=O) groups excluding carboxylic acids is 1. The third-order valence-corrected chi connectivity index (χ3v) is 5.98. The first-order chi connectivity index (χ1) is 15.5. The molecule has 2 aromatic carbocycles. The normalized spacial score (nSPS) is 18.2. The van der Waals surface area contributed by atoms with E-state index < -0.39 is 0 Å². The molecule has 1 heterocycles. The molecule has 0 radical (unpaired) electrons. The average molecular weight is 433 g/mol. The molecule has 1 saturated carbocycles. The van der Waals surface area contributed by atoms with Crippen LogP contribution in [0, 0.1) is 6.92 Å². The van der Waals surface area contributed by atoms with Crippen LogP contribution < -0.4 is 20.9 Å². The molecule has 1 aliphatic rings. The first-order valence-corrected chi connectivity index (χ1v) is 11.3. The molecule has 7 heteroatoms. The van der Waals surface area contributed by atoms with E-state index in [1.54, 1.807) is 0 Å². The SMILES string of the molecule is Cc1ccc(CNC(=O)NC2CCC(Nc3nc(N(C)C)c4ccccc4n3)CC2)cc1. The van der Waals surface area contributed by atoms with Crippen LogP contribution in [-0.2, 0) is 6.54 Å². The molecule has 3 N–H and O–H groups in total. The summed E-state index contributed by atoms with van der Waals surface area (Å²) in [7, 11) is 4.00. The van der Waals surface area contributed by atoms with Gasteiger partial charge in [0.25, 0.3) is 0 Å². The van der Waals surface area contributed by atoms with E-state index in [9.17, 15) is 4.79 Å². The van der Waals surface area contributed by atoms with Gasteiger partial charge in [-0.2, -0.15) is 4.98 Å². The van der Waals surface area contributed by atoms with Gasteiger partial charge in [-0.05, 0) is 50.3 Å². The summed E-state index contributed by atoms with van der Waals surface area (Å²) in [6, 6.07) is 16.7. The average Bonchev–Trinajstić information content (AvgIpc) is 2.79. The second-order valence-electron chi connectivity index (χ2n) is 8.79. The first-order valence-electron chi connectivity index (χ1n) is 11.3. The summed E-state index contributed by atoms with van der Waals surface area (Å²) in [5.74, 6) is 1.58. The van der Waals surface area contributed by atoms with Gasteiger partial charge < -0.3 is 20.9 Å². The van der Waals surface area contributed by atoms with Crippen molar-refractivity contribution in [1.29, 1.82) is 0 Å². The Labute approximate surface area is 189 Å². The highest BCUT2D eigenvalue weighted by Crippen LogP contribution is 2.26. The van der Waals surface area contributed by atoms with Crippen LogP contribution in [0.2, 0.25) is 0 Å². The van der Waals surface area contributed by atoms with E-state index in [1.165, 1.54) is 5.56 Å². The molecule has 1 aliphatic carbocycles. The first kappa shape index (κ1) is 21.9. The third kappa shape index (κ3) is 5.46. The zero-order valence-electron chi connectivity index (χ0n) is 19.1. The van der Waals surface area contributed by atoms with Crippen LogP contribution >= 0.6 is 0 Å². The van der Waals surface area contributed by atoms with Crippen molar-refractivity contribution in [2.45, 2.75) is 51.2 Å². The number of hydrogen-bond donors (Lipinski definition) is 3. The quantitative estimate of drug-likeness (QED) is 0.543. The van der Waals surface area contributed by atoms with Gasteiger partial charge in [0.05, 0.1) is 5.52 Å². The lowest BCUT2D eigenvalue weighted by Gasteiger charge is -2.30. The number of hydrogen-bond acceptors (Lipinski definition) is 5. The van der Waals surface area contributed by atoms with Gasteiger partial charge in [-0.1, -0.05) is 42.0 Å². The Morgan fingerprint density at radius 3 is 2.38 bits per heavy atom. The van der Waals surface area contributed by atoms with Crippen LogP contribution in [0.3, 0.4) is 0 Å². The summed E-state index contributed by atoms with van der Waals surface area (Å²) in [5.41, 5.74) is 3.26. The smallest absolute Gasteiger partial charge is 0.315 e. The minimum atomic E-state index is -0.101. The number of urea groups is 1. The van der Waals surface area contributed by atoms with Crippen molar-refractivity contribution >= 4 is 28.7 Å². The zero-order valence-corrected chi connectivity index (χ0v) is 19.1. The maximum absolute atomic E-state index is 12.3. The molecule has 168 valence electrons. The van der Waals surface area contributed by atoms with E-state index in [-0.39, 0.29) is 12.1 Å². The second kappa shape index (κ2) is 9.85. The number of aromatic nitrogens is 2. The largest absolute Gasteiger partial charge is 0.362 e. The standard InChI is InChI=1S/C25H32N6O/c1-17-8-10-18(11-9-17)16-26-25(32)28-20-14-12-19(13-15-20)27-24-29-22-7-5-4-6-21(22)23(30-24)31(2)3/h4-11,19-20H,12-16H2,1-3H3,(H2,26,28,32)(H,27,29,30). The van der Waals surface area contributed by atoms with Gasteiger partial charge in [-0.15, -0.1) is 0 Å². The molecule has 0 unspecified atom stereocenters. The minimum absolute atomic E-state index is 0.101. The van der Waals surface area contributed by atoms with Crippen LogP contribution in [-0.4, -0.2) is 42.2 Å². The molecular formula is C25H32N6O. The monoisotopic (exact) mass is 432 g/mol. The number of rotatable bonds is 6. The van der Waals surface area contributed by atoms with Gasteiger partial charge >= 0.3 is 6.03 Å². The highest BCUT2D eigenvalue weighted by atomic mass is 16.2. The number of benzene rings is 2. The summed E-state index contributed by atoms with van der Waals surface area (Å²) < 4.78 is 0. The van der Waals surface area contributed by atoms with E-state index in [2.05, 4.69) is 41.1 Å². The lowest BCUT2D eigenvalue weighted by molar-refractivity contribution is 0.231. The molecule has 0 aliphatic heterocycles. The van der Waals surface area contributed by atoms with Gasteiger partial charge in [0.15, 0.2) is 0 Å². The van der Waals surface area contributed by atoms with Gasteiger partial charge in [0, 0.05) is 38.1 Å². The molecule has 2 amide bonds. The Balaban J connectivity index is 1.27. The fourth-order valence-electron chi connectivity index (χ4n) is 4.15. The van der Waals surface area contributed by atoms with Crippen LogP contribution in [0.5, 0.6) is 0 Å². The highest BCUT2D eigenvalue weighted by Gasteiger charge is 2.23. The van der Waals surface area contributed by atoms with Gasteiger partial charge in [0.2, 0.25) is 5.95 Å². The molecule has 3 aromatic rings. The summed E-state index contributed by atoms with van der Waals surface area (Å²) in [6.45, 7) is 2.60. The molecular weight excluding hydrogens is 400 g/mol. The van der Waals surface area contributed by atoms with Crippen molar-refractivity contribution in [3.8, 4) is 0 Å². The maximum atomic E-state index is 12.3. The van der Waals surface area contributed by atoms with Crippen LogP contribution in [0.1, 0.15) is 36.8 Å². The number of anilines is 2. The number of nitrogens with zero attached hydrogens (tertiary/aromatic N) is 3. The number of aryl methyl sites for hydroxylation is 1. The Hall–Kier alpha value is -3.35. The molecule has 0 spiro atoms. The summed E-state index contributed by atoms with van der Waals surface area (Å²) in [6.07, 6.45) is 3.81. The van der Waals surface area contributed by atoms with Crippen molar-refractivity contribution in [3.63, 3.8) is 0 Å². The number of para-hydroxylation sites is 1. The van der Waals surface area contributed by atoms with Crippen LogP contribution in [0.15, 0.2) is 48.5 Å². The van der Waals surface area contributed by atoms with E-state index in [4.69, 9.17) is 9.97 Å². The molecule has 32 heavy (non-hydrogen) atoms. The van der Waals surface area contributed by atoms with Crippen molar-refractivity contribution in [2.24, 2.45) is 0 Å². The Kier molecular flexibility index (Phi) is 6.73. The maximum Gasteiger partial charge on any atom is 0.315 e. The van der Waals surface area contributed by atoms with Crippen LogP contribution in [0.4, 0.5) is 16.6 Å². The van der Waals surface area contributed by atoms with Crippen molar-refractivity contribution in [2.75, 3.05) is 24.3 Å². The summed E-state index contributed by atoms with van der Waals surface area (Å²) in [5, 5.41) is 10.6. The molecule has 1 aromatic heterocycles. The van der Waals surface area contributed by atoms with Gasteiger partial charge in [-0.3, -0.25) is 0 Å². The van der Waals surface area contributed by atoms with Crippen molar-refractivity contribution < 1.29 is 4.79 Å². The minimum Gasteiger partial charge on any atom is -0.362 e. The Morgan fingerprint density at radius 2 is 1.66 bits per heavy atom. The molecule has 0 atom stereocenters. The number of nitrogens with one attached hydrogen (secondary N) is 3. The van der Waals surface area contributed by atoms with Crippen molar-refractivity contribution in [1.82, 2.24) is 20.6 Å². The number of amides is 2. The predicted octanol–water partition coefficient (Wildman–Crippen LogP) is 4.23. The summed E-state index contributed by atoms with van der Waals surface area (Å²) in [4.78, 5) is 23.8. The zero-order chi connectivity index (χ0) is 22.5. The highest BCUT2D eigenvalue weighted by molar-refractivity contribution is 5.90. The Morgan fingerprint density at radius 1 is 0.969 bits per heavy atom. The number of carbonyl (C=O) groups is 1. The fraction of sp³-hybridized carbons (Fsp3) is 0.400. The van der Waals surface area contributed by atoms with E-state index in [0.29, 0.717) is 18.5 Å². The molecule has 1 fully saturated rings. The van der Waals surface area contributed by atoms with Crippen LogP contribution in [0.25, 0.3) is 10.9 Å². The third-order valence-electron chi connectivity index (χ3n) is 5.98. The van der Waals surface area contributed by atoms with E-state index in [0.717, 1.165) is 48.0 Å². The lowest BCUT2D eigenvalue weighted by Crippen LogP contribution is -2.44. The van der Waals surface area contributed by atoms with Crippen molar-refractivity contribution in [3.05, 3.63) is 59.7 Å². The molecule has 0 bridgehead atoms. The fourth-order valence-corrected chi connectivity index (χ4v) is 4.15. The topological polar surface area (TPSA) is 82.2 Å². The molecule has 7 nitrogen and oxygen atoms in total. The number of fused-ring (bicyclic) bond motifs is 1.